The van der Waals surface area contributed by atoms with Gasteiger partial charge >= 0.3 is 0 Å². The predicted molar refractivity (Wildman–Crippen MR) is 102 cm³/mol. The number of aromatic nitrogens is 3. The van der Waals surface area contributed by atoms with Crippen LogP contribution in [0.2, 0.25) is 0 Å². The number of benzene rings is 1. The minimum absolute atomic E-state index is 0.134. The van der Waals surface area contributed by atoms with E-state index >= 15 is 0 Å². The lowest BCUT2D eigenvalue weighted by Crippen LogP contribution is -2.18. The number of ether oxygens (including phenoxy) is 1. The van der Waals surface area contributed by atoms with Gasteiger partial charge in [0.25, 0.3) is 11.1 Å². The number of H-pyrrole nitrogens is 1. The maximum absolute atomic E-state index is 12.3. The van der Waals surface area contributed by atoms with Crippen LogP contribution in [0, 0.1) is 0 Å². The number of nitrogens with zero attached hydrogens (tertiary/aromatic N) is 2. The average molecular weight is 363 g/mol. The molecule has 4 aromatic rings. The number of hydrogen-bond acceptors (Lipinski definition) is 4. The molecule has 0 fully saturated rings. The summed E-state index contributed by atoms with van der Waals surface area (Å²) in [6.45, 7) is 0. The van der Waals surface area contributed by atoms with Crippen molar-refractivity contribution in [2.75, 3.05) is 0 Å². The molecule has 7 nitrogen and oxygen atoms in total. The number of pyridine rings is 2. The molecule has 0 aliphatic carbocycles. The normalized spacial score (nSPS) is 11.0. The molecule has 7 heteroatoms. The van der Waals surface area contributed by atoms with Crippen LogP contribution in [0.25, 0.3) is 22.0 Å². The van der Waals surface area contributed by atoms with E-state index in [1.54, 1.807) is 50.9 Å². The molecule has 0 atom stereocenters. The van der Waals surface area contributed by atoms with Crippen LogP contribution in [0.15, 0.2) is 64.6 Å². The Kier molecular flexibility index (Phi) is 3.84. The molecule has 27 heavy (non-hydrogen) atoms. The summed E-state index contributed by atoms with van der Waals surface area (Å²) in [5, 5.41) is 10.2. The highest BCUT2D eigenvalue weighted by molar-refractivity contribution is 5.95. The van der Waals surface area contributed by atoms with E-state index in [-0.39, 0.29) is 16.9 Å². The molecule has 0 saturated carbocycles. The summed E-state index contributed by atoms with van der Waals surface area (Å²) in [6.07, 6.45) is 4.99. The summed E-state index contributed by atoms with van der Waals surface area (Å²) in [5.41, 5.74) is 1.40. The van der Waals surface area contributed by atoms with Crippen molar-refractivity contribution in [3.05, 3.63) is 75.7 Å². The first-order chi connectivity index (χ1) is 12.9. The van der Waals surface area contributed by atoms with Gasteiger partial charge in [-0.1, -0.05) is 0 Å². The van der Waals surface area contributed by atoms with Gasteiger partial charge in [-0.3, -0.25) is 9.59 Å². The first-order valence-corrected chi connectivity index (χ1v) is 8.28. The molecule has 136 valence electrons. The zero-order valence-electron chi connectivity index (χ0n) is 14.8. The highest BCUT2D eigenvalue weighted by Crippen LogP contribution is 2.35. The molecule has 1 aromatic carbocycles. The van der Waals surface area contributed by atoms with Gasteiger partial charge in [0.05, 0.1) is 6.20 Å². The third kappa shape index (κ3) is 2.89. The molecule has 0 aliphatic heterocycles. The second-order valence-electron chi connectivity index (χ2n) is 6.32. The molecule has 4 rings (SSSR count). The average Bonchev–Trinajstić information content (AvgIpc) is 3.13. The fraction of sp³-hybridized carbons (Fsp3) is 0.100. The molecule has 0 saturated heterocycles. The Hall–Kier alpha value is -3.74. The van der Waals surface area contributed by atoms with E-state index in [0.29, 0.717) is 33.5 Å². The van der Waals surface area contributed by atoms with E-state index in [1.807, 2.05) is 0 Å². The van der Waals surface area contributed by atoms with Gasteiger partial charge in [0.15, 0.2) is 5.75 Å². The number of aromatic amines is 1. The van der Waals surface area contributed by atoms with E-state index in [1.165, 1.54) is 27.3 Å². The second-order valence-corrected chi connectivity index (χ2v) is 6.32. The van der Waals surface area contributed by atoms with E-state index in [0.717, 1.165) is 0 Å². The van der Waals surface area contributed by atoms with Gasteiger partial charge in [0.1, 0.15) is 17.0 Å². The molecule has 0 radical (unpaired) electrons. The first kappa shape index (κ1) is 16.7. The summed E-state index contributed by atoms with van der Waals surface area (Å²) >= 11 is 0. The van der Waals surface area contributed by atoms with E-state index in [4.69, 9.17) is 4.74 Å². The molecule has 0 aliphatic rings. The van der Waals surface area contributed by atoms with Gasteiger partial charge in [-0.25, -0.2) is 0 Å². The van der Waals surface area contributed by atoms with Crippen LogP contribution in [0.3, 0.4) is 0 Å². The van der Waals surface area contributed by atoms with Crippen molar-refractivity contribution in [2.45, 2.75) is 0 Å². The Morgan fingerprint density at radius 1 is 0.963 bits per heavy atom. The molecular formula is C20H17N3O4. The van der Waals surface area contributed by atoms with Gasteiger partial charge in [-0.05, 0) is 30.3 Å². The first-order valence-electron chi connectivity index (χ1n) is 8.28. The smallest absolute Gasteiger partial charge is 0.274 e. The quantitative estimate of drug-likeness (QED) is 0.586. The lowest BCUT2D eigenvalue weighted by Gasteiger charge is -2.14. The van der Waals surface area contributed by atoms with Crippen LogP contribution in [-0.4, -0.2) is 19.2 Å². The van der Waals surface area contributed by atoms with Gasteiger partial charge < -0.3 is 24.0 Å². The summed E-state index contributed by atoms with van der Waals surface area (Å²) in [6, 6.07) is 9.60. The Balaban J connectivity index is 1.96. The van der Waals surface area contributed by atoms with Gasteiger partial charge in [0, 0.05) is 49.1 Å². The molecular weight excluding hydrogens is 346 g/mol. The molecule has 0 unspecified atom stereocenters. The zero-order valence-corrected chi connectivity index (χ0v) is 14.8. The SMILES string of the molecule is Cn1cc(Oc2ccc(O)cc2)c(-c2cn(C)c(=O)c3[nH]ccc23)cc1=O. The van der Waals surface area contributed by atoms with E-state index in [2.05, 4.69) is 4.98 Å². The van der Waals surface area contributed by atoms with Crippen molar-refractivity contribution in [3.8, 4) is 28.4 Å². The number of phenols is 1. The minimum Gasteiger partial charge on any atom is -0.508 e. The van der Waals surface area contributed by atoms with Crippen molar-refractivity contribution in [2.24, 2.45) is 14.1 Å². The molecule has 3 heterocycles. The highest BCUT2D eigenvalue weighted by atomic mass is 16.5. The lowest BCUT2D eigenvalue weighted by atomic mass is 10.0. The Labute approximate surface area is 153 Å². The molecule has 0 spiro atoms. The number of phenolic OH excluding ortho intramolecular Hbond substituents is 1. The summed E-state index contributed by atoms with van der Waals surface area (Å²) in [5.74, 6) is 1.11. The maximum Gasteiger partial charge on any atom is 0.274 e. The van der Waals surface area contributed by atoms with Crippen LogP contribution in [0.1, 0.15) is 0 Å². The monoisotopic (exact) mass is 363 g/mol. The molecule has 0 bridgehead atoms. The lowest BCUT2D eigenvalue weighted by molar-refractivity contribution is 0.462. The largest absolute Gasteiger partial charge is 0.508 e. The highest BCUT2D eigenvalue weighted by Gasteiger charge is 2.16. The minimum atomic E-state index is -0.194. The summed E-state index contributed by atoms with van der Waals surface area (Å²) < 4.78 is 8.88. The zero-order chi connectivity index (χ0) is 19.1. The molecule has 3 aromatic heterocycles. The standard InChI is InChI=1S/C20H17N3O4/c1-22-11-17(27-13-5-3-12(24)4-6-13)15(9-18(22)25)16-10-23(2)20(26)19-14(16)7-8-21-19/h3-11,21,24H,1-2H3. The van der Waals surface area contributed by atoms with Crippen molar-refractivity contribution in [1.82, 2.24) is 14.1 Å². The summed E-state index contributed by atoms with van der Waals surface area (Å²) in [4.78, 5) is 27.6. The second kappa shape index (κ2) is 6.21. The Morgan fingerprint density at radius 3 is 2.44 bits per heavy atom. The Bertz CT molecular complexity index is 1260. The van der Waals surface area contributed by atoms with Gasteiger partial charge in [0.2, 0.25) is 0 Å². The molecule has 2 N–H and O–H groups in total. The Morgan fingerprint density at radius 2 is 1.70 bits per heavy atom. The topological polar surface area (TPSA) is 89.2 Å². The van der Waals surface area contributed by atoms with Gasteiger partial charge in [-0.15, -0.1) is 0 Å². The van der Waals surface area contributed by atoms with E-state index in [9.17, 15) is 14.7 Å². The number of fused-ring (bicyclic) bond motifs is 1. The number of aryl methyl sites for hydroxylation is 2. The molecule has 0 amide bonds. The summed E-state index contributed by atoms with van der Waals surface area (Å²) in [7, 11) is 3.30. The van der Waals surface area contributed by atoms with Crippen LogP contribution in [-0.2, 0) is 14.1 Å². The van der Waals surface area contributed by atoms with Crippen LogP contribution >= 0.6 is 0 Å². The van der Waals surface area contributed by atoms with E-state index < -0.39 is 0 Å². The third-order valence-electron chi connectivity index (χ3n) is 4.44. The van der Waals surface area contributed by atoms with Crippen LogP contribution < -0.4 is 15.9 Å². The maximum atomic E-state index is 12.3. The van der Waals surface area contributed by atoms with Gasteiger partial charge in [-0.2, -0.15) is 0 Å². The van der Waals surface area contributed by atoms with Crippen molar-refractivity contribution in [3.63, 3.8) is 0 Å². The number of nitrogens with one attached hydrogen (secondary N) is 1. The third-order valence-corrected chi connectivity index (χ3v) is 4.44. The number of rotatable bonds is 3. The van der Waals surface area contributed by atoms with Crippen molar-refractivity contribution >= 4 is 10.9 Å². The fourth-order valence-corrected chi connectivity index (χ4v) is 3.02. The fourth-order valence-electron chi connectivity index (χ4n) is 3.02. The van der Waals surface area contributed by atoms with Crippen LogP contribution in [0.4, 0.5) is 0 Å². The number of hydrogen-bond donors (Lipinski definition) is 2. The van der Waals surface area contributed by atoms with Crippen molar-refractivity contribution < 1.29 is 9.84 Å². The van der Waals surface area contributed by atoms with Crippen molar-refractivity contribution in [1.29, 1.82) is 0 Å². The number of aromatic hydroxyl groups is 1. The predicted octanol–water partition coefficient (Wildman–Crippen LogP) is 2.73. The van der Waals surface area contributed by atoms with Crippen LogP contribution in [0.5, 0.6) is 17.2 Å².